The van der Waals surface area contributed by atoms with Crippen LogP contribution in [0, 0.1) is 16.2 Å². The fraction of sp³-hybridized carbons (Fsp3) is 0.895. The molecule has 0 saturated heterocycles. The second-order valence-corrected chi connectivity index (χ2v) is 10.7. The quantitative estimate of drug-likeness (QED) is 0.528. The van der Waals surface area contributed by atoms with E-state index < -0.39 is 39.4 Å². The van der Waals surface area contributed by atoms with Gasteiger partial charge in [0, 0.05) is 0 Å². The molecule has 4 N–H and O–H groups in total. The Balaban J connectivity index is 5.58. The largest absolute Gasteiger partial charge is 0.479 e. The maximum absolute atomic E-state index is 11.7. The fourth-order valence-electron chi connectivity index (χ4n) is 3.83. The van der Waals surface area contributed by atoms with Crippen LogP contribution in [0.5, 0.6) is 0 Å². The number of aliphatic carboxylic acids is 2. The number of carbonyl (C=O) groups is 2. The molecule has 2 atom stereocenters. The standard InChI is InChI=1S/C19H36O6/c1-15(2,3)9-18(24,13(20)21)11-17(7,8)12-19(25,14(22)23)10-16(4,5)6/h24-25H,9-12H2,1-8H3,(H,20,21)(H,22,23). The zero-order chi connectivity index (χ0) is 20.5. The number of hydrogen-bond acceptors (Lipinski definition) is 4. The maximum Gasteiger partial charge on any atom is 0.335 e. The van der Waals surface area contributed by atoms with Crippen molar-refractivity contribution in [3.63, 3.8) is 0 Å². The highest BCUT2D eigenvalue weighted by molar-refractivity contribution is 5.78. The van der Waals surface area contributed by atoms with Gasteiger partial charge in [-0.1, -0.05) is 55.4 Å². The molecular weight excluding hydrogens is 324 g/mol. The fourth-order valence-corrected chi connectivity index (χ4v) is 3.83. The predicted molar refractivity (Wildman–Crippen MR) is 96.3 cm³/mol. The average Bonchev–Trinajstić information content (AvgIpc) is 2.20. The Kier molecular flexibility index (Phi) is 6.90. The maximum atomic E-state index is 11.7. The number of hydrogen-bond donors (Lipinski definition) is 4. The van der Waals surface area contributed by atoms with Crippen LogP contribution < -0.4 is 0 Å². The molecule has 6 heteroatoms. The summed E-state index contributed by atoms with van der Waals surface area (Å²) < 4.78 is 0. The molecule has 0 aromatic heterocycles. The summed E-state index contributed by atoms with van der Waals surface area (Å²) in [6.45, 7) is 14.4. The normalized spacial score (nSPS) is 18.3. The van der Waals surface area contributed by atoms with Crippen LogP contribution in [-0.2, 0) is 9.59 Å². The van der Waals surface area contributed by atoms with E-state index in [0.717, 1.165) is 0 Å². The molecule has 25 heavy (non-hydrogen) atoms. The van der Waals surface area contributed by atoms with Crippen molar-refractivity contribution in [2.45, 2.75) is 92.3 Å². The van der Waals surface area contributed by atoms with Gasteiger partial charge in [-0.3, -0.25) is 0 Å². The summed E-state index contributed by atoms with van der Waals surface area (Å²) in [7, 11) is 0. The van der Waals surface area contributed by atoms with Crippen molar-refractivity contribution in [1.82, 2.24) is 0 Å². The van der Waals surface area contributed by atoms with Crippen molar-refractivity contribution >= 4 is 11.9 Å². The third-order valence-corrected chi connectivity index (χ3v) is 3.98. The first kappa shape index (κ1) is 23.9. The summed E-state index contributed by atoms with van der Waals surface area (Å²) in [5.41, 5.74) is -5.70. The molecule has 0 spiro atoms. The van der Waals surface area contributed by atoms with Gasteiger partial charge in [-0.05, 0) is 41.9 Å². The topological polar surface area (TPSA) is 115 Å². The van der Waals surface area contributed by atoms with Crippen molar-refractivity contribution in [2.24, 2.45) is 16.2 Å². The molecule has 0 heterocycles. The zero-order valence-corrected chi connectivity index (χ0v) is 16.9. The number of rotatable bonds is 8. The number of carboxylic acids is 2. The van der Waals surface area contributed by atoms with Gasteiger partial charge in [0.25, 0.3) is 0 Å². The van der Waals surface area contributed by atoms with Crippen LogP contribution in [0.3, 0.4) is 0 Å². The van der Waals surface area contributed by atoms with E-state index in [4.69, 9.17) is 0 Å². The molecule has 0 bridgehead atoms. The van der Waals surface area contributed by atoms with Crippen LogP contribution in [0.25, 0.3) is 0 Å². The van der Waals surface area contributed by atoms with Gasteiger partial charge in [-0.25, -0.2) is 9.59 Å². The van der Waals surface area contributed by atoms with Crippen LogP contribution in [0.1, 0.15) is 81.1 Å². The summed E-state index contributed by atoms with van der Waals surface area (Å²) in [5, 5.41) is 40.4. The van der Waals surface area contributed by atoms with E-state index >= 15 is 0 Å². The van der Waals surface area contributed by atoms with E-state index in [2.05, 4.69) is 0 Å². The van der Waals surface area contributed by atoms with Gasteiger partial charge in [-0.15, -0.1) is 0 Å². The van der Waals surface area contributed by atoms with E-state index in [1.165, 1.54) is 0 Å². The van der Waals surface area contributed by atoms with Gasteiger partial charge in [0.2, 0.25) is 0 Å². The van der Waals surface area contributed by atoms with Crippen LogP contribution in [0.2, 0.25) is 0 Å². The van der Waals surface area contributed by atoms with E-state index in [1.807, 2.05) is 41.5 Å². The molecule has 0 rings (SSSR count). The van der Waals surface area contributed by atoms with Crippen molar-refractivity contribution < 1.29 is 30.0 Å². The molecule has 0 aliphatic carbocycles. The molecule has 0 aromatic carbocycles. The van der Waals surface area contributed by atoms with Gasteiger partial charge >= 0.3 is 11.9 Å². The highest BCUT2D eigenvalue weighted by Crippen LogP contribution is 2.43. The third-order valence-electron chi connectivity index (χ3n) is 3.98. The Morgan fingerprint density at radius 1 is 0.600 bits per heavy atom. The van der Waals surface area contributed by atoms with Crippen molar-refractivity contribution in [2.75, 3.05) is 0 Å². The Labute approximate surface area is 151 Å². The Morgan fingerprint density at radius 3 is 1.00 bits per heavy atom. The molecule has 0 radical (unpaired) electrons. The Hall–Kier alpha value is -1.14. The summed E-state index contributed by atoms with van der Waals surface area (Å²) in [4.78, 5) is 23.4. The summed E-state index contributed by atoms with van der Waals surface area (Å²) in [5.74, 6) is -2.66. The van der Waals surface area contributed by atoms with Crippen LogP contribution in [0.4, 0.5) is 0 Å². The second-order valence-electron chi connectivity index (χ2n) is 10.7. The first-order valence-corrected chi connectivity index (χ1v) is 8.63. The first-order chi connectivity index (χ1) is 10.7. The van der Waals surface area contributed by atoms with Crippen LogP contribution in [-0.4, -0.2) is 43.6 Å². The van der Waals surface area contributed by atoms with E-state index in [0.29, 0.717) is 0 Å². The lowest BCUT2D eigenvalue weighted by atomic mass is 9.67. The summed E-state index contributed by atoms with van der Waals surface area (Å²) in [6.07, 6.45) is -0.230. The highest BCUT2D eigenvalue weighted by Gasteiger charge is 2.49. The average molecular weight is 360 g/mol. The molecule has 0 saturated carbocycles. The van der Waals surface area contributed by atoms with Gasteiger partial charge in [0.05, 0.1) is 0 Å². The predicted octanol–water partition coefficient (Wildman–Crippen LogP) is 3.30. The molecule has 0 aliphatic heterocycles. The molecule has 0 aromatic rings. The first-order valence-electron chi connectivity index (χ1n) is 8.63. The van der Waals surface area contributed by atoms with Gasteiger partial charge in [0.1, 0.15) is 0 Å². The lowest BCUT2D eigenvalue weighted by molar-refractivity contribution is -0.173. The zero-order valence-electron chi connectivity index (χ0n) is 16.9. The lowest BCUT2D eigenvalue weighted by Crippen LogP contribution is -2.50. The van der Waals surface area contributed by atoms with Gasteiger partial charge < -0.3 is 20.4 Å². The van der Waals surface area contributed by atoms with Crippen LogP contribution >= 0.6 is 0 Å². The summed E-state index contributed by atoms with van der Waals surface area (Å²) >= 11 is 0. The number of carboxylic acid groups (broad SMARTS) is 2. The molecule has 148 valence electrons. The monoisotopic (exact) mass is 360 g/mol. The van der Waals surface area contributed by atoms with E-state index in [-0.39, 0.29) is 25.7 Å². The smallest absolute Gasteiger partial charge is 0.335 e. The Bertz CT molecular complexity index is 453. The minimum absolute atomic E-state index is 0.0313. The van der Waals surface area contributed by atoms with E-state index in [1.54, 1.807) is 13.8 Å². The third kappa shape index (κ3) is 8.19. The van der Waals surface area contributed by atoms with Crippen molar-refractivity contribution in [1.29, 1.82) is 0 Å². The molecular formula is C19H36O6. The van der Waals surface area contributed by atoms with Crippen molar-refractivity contribution in [3.8, 4) is 0 Å². The van der Waals surface area contributed by atoms with Gasteiger partial charge in [-0.2, -0.15) is 0 Å². The molecule has 0 fully saturated rings. The molecule has 0 aliphatic rings. The second kappa shape index (κ2) is 7.23. The van der Waals surface area contributed by atoms with Gasteiger partial charge in [0.15, 0.2) is 11.2 Å². The molecule has 2 unspecified atom stereocenters. The molecule has 0 amide bonds. The summed E-state index contributed by atoms with van der Waals surface area (Å²) in [6, 6.07) is 0. The number of aliphatic hydroxyl groups is 2. The minimum Gasteiger partial charge on any atom is -0.479 e. The molecule has 6 nitrogen and oxygen atoms in total. The Morgan fingerprint density at radius 2 is 0.840 bits per heavy atom. The lowest BCUT2D eigenvalue weighted by Gasteiger charge is -2.41. The van der Waals surface area contributed by atoms with E-state index in [9.17, 15) is 30.0 Å². The minimum atomic E-state index is -1.98. The van der Waals surface area contributed by atoms with Crippen molar-refractivity contribution in [3.05, 3.63) is 0 Å². The highest BCUT2D eigenvalue weighted by atomic mass is 16.4. The SMILES string of the molecule is CC(C)(C)CC(O)(CC(C)(C)CC(O)(CC(C)(C)C)C(=O)O)C(=O)O. The van der Waals surface area contributed by atoms with Crippen LogP contribution in [0.15, 0.2) is 0 Å².